The molecule has 0 amide bonds. The van der Waals surface area contributed by atoms with Crippen LogP contribution in [0.4, 0.5) is 21.6 Å². The summed E-state index contributed by atoms with van der Waals surface area (Å²) in [7, 11) is 0. The number of hydrogen-bond acceptors (Lipinski definition) is 5. The van der Waals surface area contributed by atoms with Crippen LogP contribution in [0.3, 0.4) is 0 Å². The first-order valence-electron chi connectivity index (χ1n) is 4.97. The molecule has 2 aromatic rings. The average Bonchev–Trinajstić information content (AvgIpc) is 2.32. The van der Waals surface area contributed by atoms with E-state index < -0.39 is 5.82 Å². The van der Waals surface area contributed by atoms with Crippen molar-refractivity contribution in [3.8, 4) is 0 Å². The molecular weight excluding hydrogens is 221 g/mol. The molecule has 4 N–H and O–H groups in total. The van der Waals surface area contributed by atoms with Gasteiger partial charge in [0.25, 0.3) is 0 Å². The third-order valence-corrected chi connectivity index (χ3v) is 2.28. The van der Waals surface area contributed by atoms with Gasteiger partial charge in [0.15, 0.2) is 11.6 Å². The molecule has 2 aromatic heterocycles. The lowest BCUT2D eigenvalue weighted by atomic mass is 10.3. The van der Waals surface area contributed by atoms with Gasteiger partial charge in [-0.1, -0.05) is 0 Å². The molecule has 88 valence electrons. The Morgan fingerprint density at radius 3 is 2.82 bits per heavy atom. The number of nitrogens with two attached hydrogens (primary N) is 2. The Bertz CT molecular complexity index is 543. The van der Waals surface area contributed by atoms with Crippen LogP contribution >= 0.6 is 0 Å². The Kier molecular flexibility index (Phi) is 2.88. The summed E-state index contributed by atoms with van der Waals surface area (Å²) in [6.07, 6.45) is 2.94. The van der Waals surface area contributed by atoms with Crippen molar-refractivity contribution in [3.05, 3.63) is 42.1 Å². The summed E-state index contributed by atoms with van der Waals surface area (Å²) < 4.78 is 13.5. The Labute approximate surface area is 97.9 Å². The predicted octanol–water partition coefficient (Wildman–Crippen LogP) is 1.52. The van der Waals surface area contributed by atoms with Crippen LogP contribution in [0.2, 0.25) is 0 Å². The molecule has 2 heterocycles. The minimum Gasteiger partial charge on any atom is -0.396 e. The van der Waals surface area contributed by atoms with E-state index in [0.29, 0.717) is 11.4 Å². The van der Waals surface area contributed by atoms with E-state index in [2.05, 4.69) is 9.97 Å². The summed E-state index contributed by atoms with van der Waals surface area (Å²) in [4.78, 5) is 7.89. The van der Waals surface area contributed by atoms with Gasteiger partial charge in [-0.15, -0.1) is 0 Å². The normalized spacial score (nSPS) is 10.3. The van der Waals surface area contributed by atoms with Crippen molar-refractivity contribution in [3.63, 3.8) is 0 Å². The summed E-state index contributed by atoms with van der Waals surface area (Å²) in [5.74, 6) is 5.32. The zero-order valence-electron chi connectivity index (χ0n) is 9.26. The van der Waals surface area contributed by atoms with Crippen LogP contribution in [0.25, 0.3) is 0 Å². The third kappa shape index (κ3) is 2.16. The second-order valence-electron chi connectivity index (χ2n) is 3.56. The van der Waals surface area contributed by atoms with Gasteiger partial charge in [-0.25, -0.2) is 15.2 Å². The monoisotopic (exact) mass is 233 g/mol. The molecule has 0 aliphatic heterocycles. The fourth-order valence-electron chi connectivity index (χ4n) is 1.43. The smallest absolute Gasteiger partial charge is 0.183 e. The van der Waals surface area contributed by atoms with Crippen molar-refractivity contribution in [2.75, 3.05) is 10.7 Å². The Hall–Kier alpha value is -2.21. The maximum absolute atomic E-state index is 13.5. The lowest BCUT2D eigenvalue weighted by Gasteiger charge is -2.19. The summed E-state index contributed by atoms with van der Waals surface area (Å²) >= 11 is 0. The van der Waals surface area contributed by atoms with Crippen molar-refractivity contribution in [2.45, 2.75) is 6.92 Å². The number of aryl methyl sites for hydroxylation is 1. The number of pyridine rings is 2. The first-order chi connectivity index (χ1) is 8.09. The van der Waals surface area contributed by atoms with Crippen LogP contribution in [0.1, 0.15) is 5.69 Å². The molecule has 0 fully saturated rings. The molecule has 0 bridgehead atoms. The number of hydrazine groups is 1. The predicted molar refractivity (Wildman–Crippen MR) is 63.9 cm³/mol. The van der Waals surface area contributed by atoms with E-state index in [-0.39, 0.29) is 5.82 Å². The van der Waals surface area contributed by atoms with Crippen molar-refractivity contribution in [1.29, 1.82) is 0 Å². The first-order valence-corrected chi connectivity index (χ1v) is 4.97. The molecule has 6 heteroatoms. The van der Waals surface area contributed by atoms with Gasteiger partial charge in [0.05, 0.1) is 17.6 Å². The zero-order valence-corrected chi connectivity index (χ0v) is 9.26. The molecule has 0 aliphatic carbocycles. The maximum Gasteiger partial charge on any atom is 0.183 e. The van der Waals surface area contributed by atoms with E-state index in [0.717, 1.165) is 10.7 Å². The fraction of sp³-hybridized carbons (Fsp3) is 0.0909. The minimum absolute atomic E-state index is 0.0183. The van der Waals surface area contributed by atoms with Crippen molar-refractivity contribution < 1.29 is 4.39 Å². The minimum atomic E-state index is -0.510. The molecular formula is C11H12FN5. The quantitative estimate of drug-likeness (QED) is 0.607. The Morgan fingerprint density at radius 1 is 1.35 bits per heavy atom. The molecule has 0 saturated carbocycles. The van der Waals surface area contributed by atoms with Crippen molar-refractivity contribution in [1.82, 2.24) is 9.97 Å². The van der Waals surface area contributed by atoms with Gasteiger partial charge in [0.1, 0.15) is 0 Å². The largest absolute Gasteiger partial charge is 0.396 e. The van der Waals surface area contributed by atoms with E-state index >= 15 is 0 Å². The summed E-state index contributed by atoms with van der Waals surface area (Å²) in [5.41, 5.74) is 7.31. The fourth-order valence-corrected chi connectivity index (χ4v) is 1.43. The average molecular weight is 233 g/mol. The van der Waals surface area contributed by atoms with Gasteiger partial charge in [-0.3, -0.25) is 9.99 Å². The van der Waals surface area contributed by atoms with Crippen LogP contribution in [0.15, 0.2) is 30.6 Å². The number of rotatable bonds is 2. The van der Waals surface area contributed by atoms with Crippen molar-refractivity contribution >= 4 is 17.2 Å². The SMILES string of the molecule is Cc1cc(N(N)c2ncccc2F)c(N)cn1. The molecule has 0 atom stereocenters. The molecule has 17 heavy (non-hydrogen) atoms. The highest BCUT2D eigenvalue weighted by Gasteiger charge is 2.14. The van der Waals surface area contributed by atoms with Crippen LogP contribution in [0.5, 0.6) is 0 Å². The van der Waals surface area contributed by atoms with Gasteiger partial charge in [-0.05, 0) is 25.1 Å². The number of nitrogens with zero attached hydrogens (tertiary/aromatic N) is 3. The van der Waals surface area contributed by atoms with E-state index in [1.807, 2.05) is 0 Å². The van der Waals surface area contributed by atoms with E-state index in [4.69, 9.17) is 11.6 Å². The molecule has 2 rings (SSSR count). The van der Waals surface area contributed by atoms with Crippen LogP contribution in [-0.4, -0.2) is 9.97 Å². The zero-order chi connectivity index (χ0) is 12.4. The number of anilines is 3. The molecule has 5 nitrogen and oxygen atoms in total. The standard InChI is InChI=1S/C11H12FN5/c1-7-5-10(9(13)6-16-7)17(14)11-8(12)3-2-4-15-11/h2-6H,13-14H2,1H3. The van der Waals surface area contributed by atoms with Crippen LogP contribution in [0, 0.1) is 12.7 Å². The highest BCUT2D eigenvalue weighted by atomic mass is 19.1. The Morgan fingerprint density at radius 2 is 2.12 bits per heavy atom. The molecule has 0 aromatic carbocycles. The second-order valence-corrected chi connectivity index (χ2v) is 3.56. The Balaban J connectivity index is 2.47. The van der Waals surface area contributed by atoms with Gasteiger partial charge in [-0.2, -0.15) is 0 Å². The molecule has 0 radical (unpaired) electrons. The number of aromatic nitrogens is 2. The number of nitrogen functional groups attached to an aromatic ring is 1. The summed E-state index contributed by atoms with van der Waals surface area (Å²) in [6, 6.07) is 4.45. The maximum atomic E-state index is 13.5. The summed E-state index contributed by atoms with van der Waals surface area (Å²) in [5, 5.41) is 1.11. The van der Waals surface area contributed by atoms with Gasteiger partial charge in [0.2, 0.25) is 0 Å². The highest BCUT2D eigenvalue weighted by molar-refractivity contribution is 5.72. The van der Waals surface area contributed by atoms with E-state index in [1.54, 1.807) is 13.0 Å². The van der Waals surface area contributed by atoms with Gasteiger partial charge in [0, 0.05) is 11.9 Å². The lowest BCUT2D eigenvalue weighted by Crippen LogP contribution is -2.28. The third-order valence-electron chi connectivity index (χ3n) is 2.28. The second kappa shape index (κ2) is 4.34. The lowest BCUT2D eigenvalue weighted by molar-refractivity contribution is 0.619. The first kappa shape index (κ1) is 11.3. The molecule has 0 aliphatic rings. The van der Waals surface area contributed by atoms with E-state index in [1.165, 1.54) is 24.5 Å². The molecule has 0 spiro atoms. The van der Waals surface area contributed by atoms with E-state index in [9.17, 15) is 4.39 Å². The van der Waals surface area contributed by atoms with Crippen LogP contribution < -0.4 is 16.6 Å². The van der Waals surface area contributed by atoms with Gasteiger partial charge >= 0.3 is 0 Å². The van der Waals surface area contributed by atoms with Crippen molar-refractivity contribution in [2.24, 2.45) is 5.84 Å². The number of halogens is 1. The van der Waals surface area contributed by atoms with Gasteiger partial charge < -0.3 is 5.73 Å². The summed E-state index contributed by atoms with van der Waals surface area (Å²) in [6.45, 7) is 1.80. The topological polar surface area (TPSA) is 81.1 Å². The molecule has 0 unspecified atom stereocenters. The number of hydrogen-bond donors (Lipinski definition) is 2. The van der Waals surface area contributed by atoms with Crippen LogP contribution in [-0.2, 0) is 0 Å². The molecule has 0 saturated heterocycles. The highest BCUT2D eigenvalue weighted by Crippen LogP contribution is 2.27.